The summed E-state index contributed by atoms with van der Waals surface area (Å²) in [5.74, 6) is 0. The molecule has 0 aromatic heterocycles. The van der Waals surface area contributed by atoms with Gasteiger partial charge in [-0.15, -0.1) is 0 Å². The molecule has 1 rings (SSSR count). The van der Waals surface area contributed by atoms with Gasteiger partial charge < -0.3 is 0 Å². The van der Waals surface area contributed by atoms with Crippen LogP contribution in [0.2, 0.25) is 3.72 Å². The van der Waals surface area contributed by atoms with Crippen molar-refractivity contribution in [2.75, 3.05) is 39.3 Å². The van der Waals surface area contributed by atoms with Crippen molar-refractivity contribution in [3.63, 3.8) is 0 Å². The molecule has 0 N–H and O–H groups in total. The fourth-order valence-electron chi connectivity index (χ4n) is 6.35. The molecule has 0 aromatic rings. The van der Waals surface area contributed by atoms with Crippen molar-refractivity contribution in [3.8, 4) is 0 Å². The third-order valence-electron chi connectivity index (χ3n) is 7.28. The Morgan fingerprint density at radius 2 is 1.07 bits per heavy atom. The average Bonchev–Trinajstić information content (AvgIpc) is 3.08. The number of nitrogens with zero attached hydrogens (tertiary/aromatic N) is 3. The second kappa shape index (κ2) is 13.6. The van der Waals surface area contributed by atoms with Gasteiger partial charge in [-0.1, -0.05) is 0 Å². The molecular weight excluding hydrogens is 402 g/mol. The second-order valence-electron chi connectivity index (χ2n) is 8.76. The van der Waals surface area contributed by atoms with Crippen LogP contribution < -0.4 is 0 Å². The van der Waals surface area contributed by atoms with Crippen LogP contribution in [0.5, 0.6) is 0 Å². The molecule has 4 heteroatoms. The third kappa shape index (κ3) is 5.01. The molecule has 0 aliphatic heterocycles. The second-order valence-corrected chi connectivity index (χ2v) is 15.1. The molecule has 1 unspecified atom stereocenters. The van der Waals surface area contributed by atoms with E-state index in [-0.39, 0.29) is 3.72 Å². The fraction of sp³-hybridized carbons (Fsp3) is 0.846. The zero-order valence-electron chi connectivity index (χ0n) is 22.0. The summed E-state index contributed by atoms with van der Waals surface area (Å²) in [5.41, 5.74) is 3.39. The Labute approximate surface area is 194 Å². The van der Waals surface area contributed by atoms with Crippen molar-refractivity contribution in [2.24, 2.45) is 0 Å². The molecule has 0 radical (unpaired) electrons. The quantitative estimate of drug-likeness (QED) is 0.226. The molecule has 0 aromatic carbocycles. The maximum absolute atomic E-state index is 2.98. The Bertz CT molecular complexity index is 513. The van der Waals surface area contributed by atoms with Crippen LogP contribution in [0.3, 0.4) is 0 Å². The van der Waals surface area contributed by atoms with Crippen LogP contribution in [0.1, 0.15) is 101 Å². The summed E-state index contributed by atoms with van der Waals surface area (Å²) in [6.45, 7) is 28.5. The first kappa shape index (κ1) is 28.1. The predicted molar refractivity (Wildman–Crippen MR) is 132 cm³/mol. The van der Waals surface area contributed by atoms with Gasteiger partial charge in [0.15, 0.2) is 0 Å². The summed E-state index contributed by atoms with van der Waals surface area (Å²) < 4.78 is 9.17. The third-order valence-corrected chi connectivity index (χ3v) is 17.4. The van der Waals surface area contributed by atoms with Crippen LogP contribution >= 0.6 is 0 Å². The van der Waals surface area contributed by atoms with Gasteiger partial charge in [-0.2, -0.15) is 0 Å². The molecule has 0 saturated carbocycles. The van der Waals surface area contributed by atoms with Crippen molar-refractivity contribution in [2.45, 2.75) is 105 Å². The van der Waals surface area contributed by atoms with Crippen LogP contribution in [0, 0.1) is 0 Å². The Hall–Kier alpha value is 0.0743. The first-order chi connectivity index (χ1) is 14.5. The van der Waals surface area contributed by atoms with Crippen molar-refractivity contribution in [1.82, 2.24) is 10.1 Å². The van der Waals surface area contributed by atoms with E-state index >= 15 is 0 Å². The number of allylic oxidation sites excluding steroid dienone is 4. The monoisotopic (exact) mass is 455 g/mol. The van der Waals surface area contributed by atoms with Crippen LogP contribution in [-0.4, -0.2) is 49.4 Å². The molecular formula is C26H53N3Ti. The normalized spacial score (nSPS) is 19.9. The van der Waals surface area contributed by atoms with E-state index in [4.69, 9.17) is 0 Å². The average molecular weight is 456 g/mol. The first-order valence-electron chi connectivity index (χ1n) is 13.1. The van der Waals surface area contributed by atoms with Crippen LogP contribution in [-0.2, 0) is 17.4 Å². The van der Waals surface area contributed by atoms with Gasteiger partial charge in [0.25, 0.3) is 0 Å². The van der Waals surface area contributed by atoms with E-state index in [0.29, 0.717) is 0 Å². The van der Waals surface area contributed by atoms with Gasteiger partial charge in [-0.25, -0.2) is 0 Å². The first-order valence-corrected chi connectivity index (χ1v) is 16.0. The summed E-state index contributed by atoms with van der Waals surface area (Å²) in [6.07, 6.45) is 13.0. The van der Waals surface area contributed by atoms with Crippen molar-refractivity contribution >= 4 is 0 Å². The summed E-state index contributed by atoms with van der Waals surface area (Å²) in [6, 6.07) is 0. The standard InChI is InChI=1S/C14H23.3C4H10N.Ti/c1-4-7-12-10-13(8-5-2)14(11-12)9-6-3;3*1-3-5-4-2;/h10-11H,4-9H2,1-3H3;3*3-4H2,1-2H3;/q;3*-1;+3. The molecule has 30 heavy (non-hydrogen) atoms. The topological polar surface area (TPSA) is 9.72 Å². The number of rotatable bonds is 16. The van der Waals surface area contributed by atoms with E-state index in [1.165, 1.54) is 38.5 Å². The molecule has 3 nitrogen and oxygen atoms in total. The molecule has 1 aliphatic rings. The SMILES string of the molecule is CCCC1=C[C](CCC)([Ti]([N](CC)CC)([N](CC)CC)[N](CC)CC)C(CCC)=C1. The molecule has 0 fully saturated rings. The summed E-state index contributed by atoms with van der Waals surface area (Å²) in [4.78, 5) is 0. The maximum atomic E-state index is 2.98. The molecule has 0 saturated heterocycles. The zero-order valence-corrected chi connectivity index (χ0v) is 23.5. The molecule has 1 atom stereocenters. The van der Waals surface area contributed by atoms with E-state index < -0.39 is 17.4 Å². The number of hydrogen-bond acceptors (Lipinski definition) is 3. The fourth-order valence-corrected chi connectivity index (χ4v) is 17.5. The molecule has 0 heterocycles. The van der Waals surface area contributed by atoms with Crippen LogP contribution in [0.4, 0.5) is 0 Å². The summed E-state index contributed by atoms with van der Waals surface area (Å²) >= 11 is -2.98. The van der Waals surface area contributed by atoms with Gasteiger partial charge in [0.2, 0.25) is 0 Å². The van der Waals surface area contributed by atoms with Gasteiger partial charge in [0.05, 0.1) is 0 Å². The van der Waals surface area contributed by atoms with Gasteiger partial charge >= 0.3 is 195 Å². The van der Waals surface area contributed by atoms with Crippen molar-refractivity contribution in [1.29, 1.82) is 0 Å². The van der Waals surface area contributed by atoms with E-state index in [1.54, 1.807) is 11.1 Å². The van der Waals surface area contributed by atoms with Gasteiger partial charge in [0, 0.05) is 0 Å². The predicted octanol–water partition coefficient (Wildman–Crippen LogP) is 7.34. The summed E-state index contributed by atoms with van der Waals surface area (Å²) in [5, 5.41) is 0. The van der Waals surface area contributed by atoms with Crippen LogP contribution in [0.25, 0.3) is 0 Å². The molecule has 0 spiro atoms. The van der Waals surface area contributed by atoms with Gasteiger partial charge in [-0.05, 0) is 0 Å². The van der Waals surface area contributed by atoms with Gasteiger partial charge in [-0.3, -0.25) is 0 Å². The van der Waals surface area contributed by atoms with E-state index in [2.05, 4.69) is 84.6 Å². The molecule has 0 bridgehead atoms. The zero-order chi connectivity index (χ0) is 22.8. The number of hydrogen-bond donors (Lipinski definition) is 0. The minimum atomic E-state index is -2.98. The Kier molecular flexibility index (Phi) is 12.7. The van der Waals surface area contributed by atoms with E-state index in [0.717, 1.165) is 39.3 Å². The van der Waals surface area contributed by atoms with Crippen LogP contribution in [0.15, 0.2) is 23.3 Å². The Morgan fingerprint density at radius 1 is 0.633 bits per heavy atom. The van der Waals surface area contributed by atoms with Gasteiger partial charge in [0.1, 0.15) is 0 Å². The van der Waals surface area contributed by atoms with Crippen molar-refractivity contribution in [3.05, 3.63) is 23.3 Å². The van der Waals surface area contributed by atoms with E-state index in [9.17, 15) is 0 Å². The molecule has 1 aliphatic carbocycles. The minimum absolute atomic E-state index is 0.235. The molecule has 176 valence electrons. The van der Waals surface area contributed by atoms with Crippen molar-refractivity contribution < 1.29 is 17.4 Å². The van der Waals surface area contributed by atoms with E-state index in [1.807, 2.05) is 0 Å². The Morgan fingerprint density at radius 3 is 1.40 bits per heavy atom. The Balaban J connectivity index is 4.04. The summed E-state index contributed by atoms with van der Waals surface area (Å²) in [7, 11) is 0. The molecule has 0 amide bonds.